The zero-order chi connectivity index (χ0) is 8.27. The van der Waals surface area contributed by atoms with Crippen LogP contribution in [0.2, 0.25) is 0 Å². The van der Waals surface area contributed by atoms with Crippen LogP contribution in [0.4, 0.5) is 0 Å². The molecular weight excluding hydrogens is 178 g/mol. The van der Waals surface area contributed by atoms with Gasteiger partial charge in [0.1, 0.15) is 6.04 Å². The van der Waals surface area contributed by atoms with Crippen LogP contribution in [-0.2, 0) is 4.79 Å². The summed E-state index contributed by atoms with van der Waals surface area (Å²) in [6.07, 6.45) is 6.77. The molecule has 0 heterocycles. The van der Waals surface area contributed by atoms with Crippen LogP contribution in [0.25, 0.3) is 0 Å². The third-order valence-electron chi connectivity index (χ3n) is 2.10. The minimum atomic E-state index is -0.884. The number of carbonyl (C=O) groups is 1. The van der Waals surface area contributed by atoms with Crippen LogP contribution < -0.4 is 5.73 Å². The fraction of sp³-hybridized carbons (Fsp3) is 0.625. The normalized spacial score (nSPS) is 24.2. The van der Waals surface area contributed by atoms with Gasteiger partial charge in [-0.15, -0.1) is 12.4 Å². The van der Waals surface area contributed by atoms with E-state index in [4.69, 9.17) is 10.8 Å². The first kappa shape index (κ1) is 11.5. The molecule has 0 radical (unpaired) electrons. The average Bonchev–Trinajstić information content (AvgIpc) is 2.05. The standard InChI is InChI=1S/C8H13NO2.ClH/c9-7(8(10)11)6-4-2-1-3-5-6;/h1-2,6-7H,3-5,9H2,(H,10,11);1H. The van der Waals surface area contributed by atoms with E-state index in [-0.39, 0.29) is 18.3 Å². The predicted octanol–water partition coefficient (Wildman–Crippen LogP) is 1.18. The summed E-state index contributed by atoms with van der Waals surface area (Å²) in [5.74, 6) is -0.747. The number of carboxylic acid groups (broad SMARTS) is 1. The Morgan fingerprint density at radius 1 is 1.58 bits per heavy atom. The van der Waals surface area contributed by atoms with E-state index in [1.807, 2.05) is 6.08 Å². The Morgan fingerprint density at radius 2 is 2.25 bits per heavy atom. The molecule has 4 heteroatoms. The Balaban J connectivity index is 0.00000121. The highest BCUT2D eigenvalue weighted by Crippen LogP contribution is 2.20. The highest BCUT2D eigenvalue weighted by molar-refractivity contribution is 5.85. The lowest BCUT2D eigenvalue weighted by molar-refractivity contribution is -0.139. The summed E-state index contributed by atoms with van der Waals surface area (Å²) in [5, 5.41) is 8.59. The van der Waals surface area contributed by atoms with E-state index in [2.05, 4.69) is 6.08 Å². The lowest BCUT2D eigenvalue weighted by atomic mass is 9.88. The number of allylic oxidation sites excluding steroid dienone is 2. The second-order valence-electron chi connectivity index (χ2n) is 2.91. The molecule has 0 aliphatic heterocycles. The van der Waals surface area contributed by atoms with Crippen molar-refractivity contribution in [1.29, 1.82) is 0 Å². The van der Waals surface area contributed by atoms with Crippen LogP contribution in [0.3, 0.4) is 0 Å². The Labute approximate surface area is 78.0 Å². The molecule has 0 spiro atoms. The van der Waals surface area contributed by atoms with Gasteiger partial charge in [0.25, 0.3) is 0 Å². The predicted molar refractivity (Wildman–Crippen MR) is 49.3 cm³/mol. The lowest BCUT2D eigenvalue weighted by Gasteiger charge is -2.20. The minimum absolute atomic E-state index is 0. The molecule has 2 unspecified atom stereocenters. The third-order valence-corrected chi connectivity index (χ3v) is 2.10. The molecule has 0 aromatic heterocycles. The summed E-state index contributed by atoms with van der Waals surface area (Å²) < 4.78 is 0. The van der Waals surface area contributed by atoms with Crippen LogP contribution in [-0.4, -0.2) is 17.1 Å². The Kier molecular flexibility index (Phi) is 4.93. The van der Waals surface area contributed by atoms with Gasteiger partial charge in [-0.1, -0.05) is 12.2 Å². The van der Waals surface area contributed by atoms with Gasteiger partial charge in [0.2, 0.25) is 0 Å². The number of halogens is 1. The first-order valence-electron chi connectivity index (χ1n) is 3.85. The van der Waals surface area contributed by atoms with Crippen molar-refractivity contribution in [2.75, 3.05) is 0 Å². The second-order valence-corrected chi connectivity index (χ2v) is 2.91. The number of carboxylic acids is 1. The van der Waals surface area contributed by atoms with Gasteiger partial charge in [-0.3, -0.25) is 4.79 Å². The van der Waals surface area contributed by atoms with Crippen LogP contribution in [0.1, 0.15) is 19.3 Å². The molecule has 0 aromatic rings. The number of hydrogen-bond acceptors (Lipinski definition) is 2. The molecule has 2 atom stereocenters. The van der Waals surface area contributed by atoms with Gasteiger partial charge in [0.15, 0.2) is 0 Å². The van der Waals surface area contributed by atoms with Crippen molar-refractivity contribution in [3.8, 4) is 0 Å². The third kappa shape index (κ3) is 2.83. The van der Waals surface area contributed by atoms with E-state index >= 15 is 0 Å². The molecule has 3 N–H and O–H groups in total. The quantitative estimate of drug-likeness (QED) is 0.645. The molecule has 1 rings (SSSR count). The maximum atomic E-state index is 10.4. The Morgan fingerprint density at radius 3 is 2.67 bits per heavy atom. The van der Waals surface area contributed by atoms with E-state index in [1.54, 1.807) is 0 Å². The van der Waals surface area contributed by atoms with E-state index in [9.17, 15) is 4.79 Å². The summed E-state index contributed by atoms with van der Waals surface area (Å²) in [6, 6.07) is -0.681. The van der Waals surface area contributed by atoms with E-state index < -0.39 is 12.0 Å². The monoisotopic (exact) mass is 191 g/mol. The highest BCUT2D eigenvalue weighted by Gasteiger charge is 2.23. The molecule has 0 bridgehead atoms. The first-order valence-corrected chi connectivity index (χ1v) is 3.85. The van der Waals surface area contributed by atoms with Crippen LogP contribution in [0.5, 0.6) is 0 Å². The van der Waals surface area contributed by atoms with Crippen molar-refractivity contribution in [3.63, 3.8) is 0 Å². The van der Waals surface area contributed by atoms with Crippen LogP contribution in [0.15, 0.2) is 12.2 Å². The molecule has 0 saturated heterocycles. The summed E-state index contributed by atoms with van der Waals surface area (Å²) in [4.78, 5) is 10.4. The molecule has 0 saturated carbocycles. The largest absolute Gasteiger partial charge is 0.480 e. The summed E-state index contributed by atoms with van der Waals surface area (Å²) >= 11 is 0. The van der Waals surface area contributed by atoms with Gasteiger partial charge >= 0.3 is 5.97 Å². The van der Waals surface area contributed by atoms with E-state index in [0.29, 0.717) is 0 Å². The average molecular weight is 192 g/mol. The van der Waals surface area contributed by atoms with Gasteiger partial charge in [-0.05, 0) is 25.2 Å². The molecule has 0 aromatic carbocycles. The molecule has 70 valence electrons. The molecular formula is C8H14ClNO2. The summed E-state index contributed by atoms with van der Waals surface area (Å²) in [7, 11) is 0. The van der Waals surface area contributed by atoms with Crippen molar-refractivity contribution in [3.05, 3.63) is 12.2 Å². The highest BCUT2D eigenvalue weighted by atomic mass is 35.5. The molecule has 1 aliphatic carbocycles. The van der Waals surface area contributed by atoms with Gasteiger partial charge in [-0.25, -0.2) is 0 Å². The topological polar surface area (TPSA) is 63.3 Å². The fourth-order valence-corrected chi connectivity index (χ4v) is 1.34. The lowest BCUT2D eigenvalue weighted by Crippen LogP contribution is -2.38. The van der Waals surface area contributed by atoms with E-state index in [0.717, 1.165) is 19.3 Å². The number of hydrogen-bond donors (Lipinski definition) is 2. The maximum Gasteiger partial charge on any atom is 0.320 e. The van der Waals surface area contributed by atoms with Crippen LogP contribution >= 0.6 is 12.4 Å². The van der Waals surface area contributed by atoms with E-state index in [1.165, 1.54) is 0 Å². The van der Waals surface area contributed by atoms with Crippen molar-refractivity contribution in [1.82, 2.24) is 0 Å². The van der Waals surface area contributed by atoms with Crippen LogP contribution in [0, 0.1) is 5.92 Å². The number of nitrogens with two attached hydrogens (primary N) is 1. The minimum Gasteiger partial charge on any atom is -0.480 e. The van der Waals surface area contributed by atoms with Gasteiger partial charge in [-0.2, -0.15) is 0 Å². The van der Waals surface area contributed by atoms with Gasteiger partial charge in [0.05, 0.1) is 0 Å². The molecule has 3 nitrogen and oxygen atoms in total. The first-order chi connectivity index (χ1) is 5.22. The number of aliphatic carboxylic acids is 1. The maximum absolute atomic E-state index is 10.4. The fourth-order valence-electron chi connectivity index (χ4n) is 1.34. The number of rotatable bonds is 2. The molecule has 0 amide bonds. The molecule has 0 fully saturated rings. The Bertz CT molecular complexity index is 182. The van der Waals surface area contributed by atoms with Crippen molar-refractivity contribution < 1.29 is 9.90 Å². The van der Waals surface area contributed by atoms with Gasteiger partial charge in [0, 0.05) is 0 Å². The second kappa shape index (κ2) is 5.17. The van der Waals surface area contributed by atoms with Crippen molar-refractivity contribution in [2.45, 2.75) is 25.3 Å². The van der Waals surface area contributed by atoms with Crippen molar-refractivity contribution in [2.24, 2.45) is 11.7 Å². The van der Waals surface area contributed by atoms with Crippen molar-refractivity contribution >= 4 is 18.4 Å². The zero-order valence-corrected chi connectivity index (χ0v) is 7.59. The smallest absolute Gasteiger partial charge is 0.320 e. The zero-order valence-electron chi connectivity index (χ0n) is 6.77. The summed E-state index contributed by atoms with van der Waals surface area (Å²) in [6.45, 7) is 0. The molecule has 1 aliphatic rings. The van der Waals surface area contributed by atoms with Gasteiger partial charge < -0.3 is 10.8 Å². The SMILES string of the molecule is Cl.NC(C(=O)O)C1CC=CCC1. The molecule has 12 heavy (non-hydrogen) atoms. The summed E-state index contributed by atoms with van der Waals surface area (Å²) in [5.41, 5.74) is 5.46. The Hall–Kier alpha value is -0.540.